The van der Waals surface area contributed by atoms with E-state index >= 15 is 0 Å². The van der Waals surface area contributed by atoms with E-state index in [0.29, 0.717) is 10.9 Å². The van der Waals surface area contributed by atoms with Gasteiger partial charge in [-0.1, -0.05) is 18.2 Å². The fraction of sp³-hybridized carbons (Fsp3) is 0.263. The molecule has 2 heterocycles. The van der Waals surface area contributed by atoms with Crippen LogP contribution in [0.1, 0.15) is 25.3 Å². The molecule has 1 saturated heterocycles. The lowest BCUT2D eigenvalue weighted by Crippen LogP contribution is -2.18. The largest absolute Gasteiger partial charge is 0.366 e. The van der Waals surface area contributed by atoms with Gasteiger partial charge in [-0.25, -0.2) is 4.98 Å². The Balaban J connectivity index is 1.57. The molecule has 2 aromatic rings. The molecule has 1 aliphatic heterocycles. The summed E-state index contributed by atoms with van der Waals surface area (Å²) in [6.07, 6.45) is 7.70. The van der Waals surface area contributed by atoms with Crippen LogP contribution >= 0.6 is 11.8 Å². The van der Waals surface area contributed by atoms with Gasteiger partial charge in [-0.2, -0.15) is 0 Å². The van der Waals surface area contributed by atoms with Crippen molar-refractivity contribution in [3.8, 4) is 11.3 Å². The third-order valence-corrected chi connectivity index (χ3v) is 5.27. The molecule has 1 aliphatic carbocycles. The molecule has 2 aliphatic rings. The fourth-order valence-electron chi connectivity index (χ4n) is 2.88. The minimum absolute atomic E-state index is 0.341. The van der Waals surface area contributed by atoms with Crippen LogP contribution in [0.5, 0.6) is 0 Å². The van der Waals surface area contributed by atoms with E-state index in [9.17, 15) is 9.59 Å². The molecule has 2 amide bonds. The first-order valence-electron chi connectivity index (χ1n) is 8.52. The molecule has 0 radical (unpaired) electrons. The van der Waals surface area contributed by atoms with Gasteiger partial charge in [-0.05, 0) is 55.2 Å². The number of carbonyl (C=O) groups is 2. The zero-order chi connectivity index (χ0) is 18.1. The van der Waals surface area contributed by atoms with Crippen LogP contribution in [0.4, 0.5) is 10.6 Å². The molecule has 1 atom stereocenters. The Kier molecular flexibility index (Phi) is 4.46. The lowest BCUT2D eigenvalue weighted by molar-refractivity contribution is -0.115. The van der Waals surface area contributed by atoms with E-state index in [1.807, 2.05) is 24.3 Å². The van der Waals surface area contributed by atoms with Gasteiger partial charge in [0.25, 0.3) is 11.1 Å². The molecule has 4 rings (SSSR count). The highest BCUT2D eigenvalue weighted by molar-refractivity contribution is 8.18. The van der Waals surface area contributed by atoms with Crippen LogP contribution in [-0.4, -0.2) is 27.2 Å². The summed E-state index contributed by atoms with van der Waals surface area (Å²) in [6, 6.07) is 8.06. The minimum atomic E-state index is -0.356. The van der Waals surface area contributed by atoms with Crippen molar-refractivity contribution in [1.29, 1.82) is 0 Å². The minimum Gasteiger partial charge on any atom is -0.366 e. The van der Waals surface area contributed by atoms with E-state index in [4.69, 9.17) is 0 Å². The van der Waals surface area contributed by atoms with Crippen molar-refractivity contribution in [2.24, 2.45) is 5.92 Å². The van der Waals surface area contributed by atoms with Crippen LogP contribution in [0.3, 0.4) is 0 Å². The van der Waals surface area contributed by atoms with Gasteiger partial charge in [0, 0.05) is 11.6 Å². The number of carbonyl (C=O) groups excluding carboxylic acids is 2. The van der Waals surface area contributed by atoms with Gasteiger partial charge >= 0.3 is 0 Å². The van der Waals surface area contributed by atoms with Crippen LogP contribution in [-0.2, 0) is 4.79 Å². The van der Waals surface area contributed by atoms with Gasteiger partial charge < -0.3 is 5.32 Å². The predicted octanol–water partition coefficient (Wildman–Crippen LogP) is 3.68. The Bertz CT molecular complexity index is 908. The summed E-state index contributed by atoms with van der Waals surface area (Å²) in [5, 5.41) is 5.34. The lowest BCUT2D eigenvalue weighted by atomic mass is 10.1. The molecule has 1 saturated carbocycles. The van der Waals surface area contributed by atoms with Crippen molar-refractivity contribution in [3.05, 3.63) is 47.1 Å². The fourth-order valence-corrected chi connectivity index (χ4v) is 3.56. The summed E-state index contributed by atoms with van der Waals surface area (Å²) >= 11 is 0.912. The number of anilines is 1. The van der Waals surface area contributed by atoms with E-state index in [1.165, 1.54) is 12.8 Å². The van der Waals surface area contributed by atoms with Gasteiger partial charge in [0.15, 0.2) is 0 Å². The predicted molar refractivity (Wildman–Crippen MR) is 102 cm³/mol. The Hall–Kier alpha value is -2.67. The zero-order valence-corrected chi connectivity index (χ0v) is 15.0. The highest BCUT2D eigenvalue weighted by atomic mass is 32.2. The highest BCUT2D eigenvalue weighted by Crippen LogP contribution is 2.34. The van der Waals surface area contributed by atoms with Crippen LogP contribution in [0, 0.1) is 5.92 Å². The van der Waals surface area contributed by atoms with E-state index < -0.39 is 0 Å². The molecule has 1 aromatic heterocycles. The molecule has 132 valence electrons. The van der Waals surface area contributed by atoms with Gasteiger partial charge in [0.05, 0.1) is 23.0 Å². The second-order valence-corrected chi connectivity index (χ2v) is 7.55. The number of thioether (sulfide) groups is 1. The van der Waals surface area contributed by atoms with Crippen molar-refractivity contribution in [2.75, 3.05) is 5.32 Å². The summed E-state index contributed by atoms with van der Waals surface area (Å²) < 4.78 is 0. The first-order chi connectivity index (χ1) is 12.6. The number of aromatic nitrogens is 2. The number of hydrogen-bond donors (Lipinski definition) is 2. The van der Waals surface area contributed by atoms with Crippen molar-refractivity contribution in [1.82, 2.24) is 15.3 Å². The van der Waals surface area contributed by atoms with Gasteiger partial charge in [0.2, 0.25) is 0 Å². The van der Waals surface area contributed by atoms with E-state index in [2.05, 4.69) is 27.5 Å². The van der Waals surface area contributed by atoms with Crippen LogP contribution in [0.15, 0.2) is 41.6 Å². The number of imide groups is 1. The van der Waals surface area contributed by atoms with Crippen molar-refractivity contribution in [2.45, 2.75) is 25.8 Å². The summed E-state index contributed by atoms with van der Waals surface area (Å²) in [6.45, 7) is 2.17. The maximum absolute atomic E-state index is 11.7. The summed E-state index contributed by atoms with van der Waals surface area (Å²) in [4.78, 5) is 32.3. The van der Waals surface area contributed by atoms with Gasteiger partial charge in [-0.15, -0.1) is 0 Å². The van der Waals surface area contributed by atoms with Gasteiger partial charge in [-0.3, -0.25) is 19.9 Å². The molecule has 0 unspecified atom stereocenters. The topological polar surface area (TPSA) is 84.0 Å². The maximum Gasteiger partial charge on any atom is 0.290 e. The second kappa shape index (κ2) is 6.92. The van der Waals surface area contributed by atoms with E-state index in [0.717, 1.165) is 40.3 Å². The van der Waals surface area contributed by atoms with E-state index in [-0.39, 0.29) is 11.1 Å². The second-order valence-electron chi connectivity index (χ2n) is 6.54. The third-order valence-electron chi connectivity index (χ3n) is 4.46. The normalized spacial score (nSPS) is 19.5. The summed E-state index contributed by atoms with van der Waals surface area (Å²) in [5.74, 6) is 1.14. The molecule has 2 fully saturated rings. The molecule has 26 heavy (non-hydrogen) atoms. The monoisotopic (exact) mass is 366 g/mol. The van der Waals surface area contributed by atoms with E-state index in [1.54, 1.807) is 18.5 Å². The van der Waals surface area contributed by atoms with Gasteiger partial charge in [0.1, 0.15) is 5.82 Å². The number of hydrogen-bond acceptors (Lipinski definition) is 6. The van der Waals surface area contributed by atoms with Crippen LogP contribution < -0.4 is 10.6 Å². The highest BCUT2D eigenvalue weighted by Gasteiger charge is 2.28. The zero-order valence-electron chi connectivity index (χ0n) is 14.2. The molecule has 6 nitrogen and oxygen atoms in total. The number of nitrogens with one attached hydrogen (secondary N) is 2. The average molecular weight is 366 g/mol. The quantitative estimate of drug-likeness (QED) is 0.786. The number of benzene rings is 1. The average Bonchev–Trinajstić information content (AvgIpc) is 3.42. The standard InChI is InChI=1S/C19H18N4O2S/c1-11(13-5-6-13)21-17-10-20-9-15(22-17)14-4-2-3-12(7-14)8-16-18(24)23-19(25)26-16/h2-4,7-11,13H,5-6H2,1H3,(H,21,22)(H,23,24,25)/b16-8-/t11-/m0/s1. The van der Waals surface area contributed by atoms with Crippen LogP contribution in [0.2, 0.25) is 0 Å². The molecular formula is C19H18N4O2S. The summed E-state index contributed by atoms with van der Waals surface area (Å²) in [5.41, 5.74) is 2.50. The molecule has 7 heteroatoms. The number of nitrogens with zero attached hydrogens (tertiary/aromatic N) is 2. The molecule has 1 aromatic carbocycles. The Morgan fingerprint density at radius 2 is 2.15 bits per heavy atom. The van der Waals surface area contributed by atoms with Crippen molar-refractivity contribution < 1.29 is 9.59 Å². The lowest BCUT2D eigenvalue weighted by Gasteiger charge is -2.13. The van der Waals surface area contributed by atoms with Crippen molar-refractivity contribution >= 4 is 34.8 Å². The number of rotatable bonds is 5. The molecule has 0 bridgehead atoms. The Morgan fingerprint density at radius 1 is 1.31 bits per heavy atom. The molecular weight excluding hydrogens is 348 g/mol. The molecule has 0 spiro atoms. The first-order valence-corrected chi connectivity index (χ1v) is 9.34. The SMILES string of the molecule is C[C@H](Nc1cncc(-c2cccc(/C=C3\SC(=O)NC3=O)c2)n1)C1CC1. The Morgan fingerprint density at radius 3 is 2.88 bits per heavy atom. The summed E-state index contributed by atoms with van der Waals surface area (Å²) in [7, 11) is 0. The third kappa shape index (κ3) is 3.77. The molecule has 2 N–H and O–H groups in total. The first kappa shape index (κ1) is 16.8. The Labute approximate surface area is 155 Å². The maximum atomic E-state index is 11.7. The van der Waals surface area contributed by atoms with Crippen molar-refractivity contribution in [3.63, 3.8) is 0 Å². The number of amides is 2. The smallest absolute Gasteiger partial charge is 0.290 e. The van der Waals surface area contributed by atoms with Crippen LogP contribution in [0.25, 0.3) is 17.3 Å².